The molecule has 0 spiro atoms. The molecule has 0 aromatic heterocycles. The second-order valence-corrected chi connectivity index (χ2v) is 0. The van der Waals surface area contributed by atoms with Gasteiger partial charge in [0.15, 0.2) is 17.4 Å². The second-order valence-electron chi connectivity index (χ2n) is 0. The number of rotatable bonds is 0. The van der Waals surface area contributed by atoms with E-state index in [1.54, 1.807) is 0 Å². The van der Waals surface area contributed by atoms with Crippen LogP contribution < -0.4 is 0 Å². The molecule has 0 aromatic rings. The fourth-order valence-electron chi connectivity index (χ4n) is 0. The molecule has 0 saturated heterocycles. The van der Waals surface area contributed by atoms with Gasteiger partial charge < -0.3 is 0 Å². The third-order valence-electron chi connectivity index (χ3n) is 0. The number of hydrogen-bond acceptors (Lipinski definition) is 0. The largest absolute Gasteiger partial charge is 0 e. The van der Waals surface area contributed by atoms with Crippen LogP contribution in [0.3, 0.4) is 0 Å². The summed E-state index contributed by atoms with van der Waals surface area (Å²) in [5.74, 6) is 0. The fraction of sp³-hybridized carbons (Fsp3) is 0. The zero-order valence-corrected chi connectivity index (χ0v) is 9.55. The topological polar surface area (TPSA) is 0 Å². The molecule has 0 aliphatic carbocycles. The van der Waals surface area contributed by atoms with Crippen molar-refractivity contribution in [2.75, 3.05) is 0 Å². The summed E-state index contributed by atoms with van der Waals surface area (Å²) in [6, 6.07) is 0. The van der Waals surface area contributed by atoms with Gasteiger partial charge in [0.05, 0.1) is 0 Å². The van der Waals surface area contributed by atoms with Gasteiger partial charge in [0.2, 0.25) is 0 Å². The Kier molecular flexibility index (Phi) is 124. The van der Waals surface area contributed by atoms with Crippen LogP contribution in [0.15, 0.2) is 0 Å². The van der Waals surface area contributed by atoms with Crippen LogP contribution >= 0.6 is 0 Å². The van der Waals surface area contributed by atoms with Gasteiger partial charge in [-0.25, -0.2) is 0 Å². The molecule has 3 radical (unpaired) electrons. The molecule has 4 heavy (non-hydrogen) atoms. The van der Waals surface area contributed by atoms with Crippen molar-refractivity contribution in [2.24, 2.45) is 0 Å². The van der Waals surface area contributed by atoms with Gasteiger partial charge >= 0.3 is 23.9 Å². The average molecular weight is 293 g/mol. The number of hydrogen-bond donors (Lipinski definition) is 0. The van der Waals surface area contributed by atoms with E-state index >= 15 is 0 Å². The van der Waals surface area contributed by atoms with Gasteiger partial charge in [0, 0.05) is 44.8 Å². The Morgan fingerprint density at radius 3 is 1.00 bits per heavy atom. The molecule has 21 valence electrons. The van der Waals surface area contributed by atoms with E-state index in [-0.39, 0.29) is 86.0 Å². The smallest absolute Gasteiger partial charge is 0 e. The summed E-state index contributed by atoms with van der Waals surface area (Å²) in [5.41, 5.74) is 0. The molecular weight excluding hydrogens is 288 g/mol. The van der Waals surface area contributed by atoms with Crippen molar-refractivity contribution in [1.82, 2.24) is 0 Å². The molecule has 0 saturated carbocycles. The summed E-state index contributed by atoms with van der Waals surface area (Å²) in [4.78, 5) is 0. The van der Waals surface area contributed by atoms with E-state index in [0.29, 0.717) is 0 Å². The van der Waals surface area contributed by atoms with Gasteiger partial charge in [-0.05, 0) is 0 Å². The molecule has 4 heteroatoms. The Hall–Kier alpha value is 2.80. The molecule has 0 fully saturated rings. The second kappa shape index (κ2) is 17.0. The minimum absolute atomic E-state index is 0. The standard InChI is InChI=1S/Al.Sn.V.Zr.5H. The molecule has 0 unspecified atom stereocenters. The first kappa shape index (κ1) is 29.2. The summed E-state index contributed by atoms with van der Waals surface area (Å²) in [5, 5.41) is 0. The van der Waals surface area contributed by atoms with Gasteiger partial charge in [-0.15, -0.1) is 0 Å². The maximum atomic E-state index is 0. The Bertz CT molecular complexity index is 8.00. The van der Waals surface area contributed by atoms with Crippen molar-refractivity contribution in [3.05, 3.63) is 0 Å². The molecule has 0 heterocycles. The van der Waals surface area contributed by atoms with Crippen LogP contribution in [0.5, 0.6) is 0 Å². The predicted molar refractivity (Wildman–Crippen MR) is 18.5 cm³/mol. The Labute approximate surface area is 84.6 Å². The van der Waals surface area contributed by atoms with E-state index in [2.05, 4.69) is 0 Å². The SMILES string of the molecule is [AlH3].[SnH2].[V].[Zr]. The molecule has 0 aliphatic rings. The molecular formula is H5AlSnVZr. The minimum atomic E-state index is 0. The zero-order chi connectivity index (χ0) is 0. The first-order valence-electron chi connectivity index (χ1n) is 0. The summed E-state index contributed by atoms with van der Waals surface area (Å²) in [6.45, 7) is 0. The maximum absolute atomic E-state index is 0. The van der Waals surface area contributed by atoms with Crippen LogP contribution in [0, 0.1) is 0 Å². The van der Waals surface area contributed by atoms with Crippen molar-refractivity contribution in [3.63, 3.8) is 0 Å². The van der Waals surface area contributed by atoms with Gasteiger partial charge in [0.25, 0.3) is 0 Å². The van der Waals surface area contributed by atoms with Crippen LogP contribution in [0.1, 0.15) is 0 Å². The molecule has 0 atom stereocenters. The van der Waals surface area contributed by atoms with Crippen molar-refractivity contribution >= 4 is 41.3 Å². The van der Waals surface area contributed by atoms with Crippen molar-refractivity contribution < 1.29 is 44.8 Å². The third-order valence-corrected chi connectivity index (χ3v) is 0. The normalized spacial score (nSPS) is 0. The van der Waals surface area contributed by atoms with Crippen LogP contribution in [0.25, 0.3) is 0 Å². The molecule has 0 bridgehead atoms. The molecule has 0 amide bonds. The van der Waals surface area contributed by atoms with Crippen LogP contribution in [0.2, 0.25) is 0 Å². The monoisotopic (exact) mass is 293 g/mol. The Balaban J connectivity index is 0. The average Bonchev–Trinajstić information content (AvgIpc) is 0. The molecule has 0 aliphatic heterocycles. The van der Waals surface area contributed by atoms with E-state index in [9.17, 15) is 0 Å². The maximum Gasteiger partial charge on any atom is 0 e. The van der Waals surface area contributed by atoms with E-state index in [1.165, 1.54) is 0 Å². The van der Waals surface area contributed by atoms with E-state index in [1.807, 2.05) is 0 Å². The summed E-state index contributed by atoms with van der Waals surface area (Å²) < 4.78 is 0. The molecule has 0 rings (SSSR count). The summed E-state index contributed by atoms with van der Waals surface area (Å²) in [7, 11) is 0. The van der Waals surface area contributed by atoms with E-state index in [4.69, 9.17) is 0 Å². The van der Waals surface area contributed by atoms with Gasteiger partial charge in [0.1, 0.15) is 0 Å². The third kappa shape index (κ3) is 8.84. The van der Waals surface area contributed by atoms with Gasteiger partial charge in [-0.3, -0.25) is 0 Å². The fourth-order valence-corrected chi connectivity index (χ4v) is 0. The van der Waals surface area contributed by atoms with Gasteiger partial charge in [-0.2, -0.15) is 0 Å². The summed E-state index contributed by atoms with van der Waals surface area (Å²) in [6.07, 6.45) is 0. The summed E-state index contributed by atoms with van der Waals surface area (Å²) >= 11 is 0. The Morgan fingerprint density at radius 2 is 1.00 bits per heavy atom. The first-order valence-corrected chi connectivity index (χ1v) is 0. The van der Waals surface area contributed by atoms with Crippen LogP contribution in [0.4, 0.5) is 0 Å². The quantitative estimate of drug-likeness (QED) is 0.449. The zero-order valence-electron chi connectivity index (χ0n) is 1.65. The van der Waals surface area contributed by atoms with Crippen LogP contribution in [-0.2, 0) is 44.8 Å². The van der Waals surface area contributed by atoms with Crippen LogP contribution in [-0.4, -0.2) is 41.3 Å². The Morgan fingerprint density at radius 1 is 1.00 bits per heavy atom. The van der Waals surface area contributed by atoms with Gasteiger partial charge in [-0.1, -0.05) is 0 Å². The van der Waals surface area contributed by atoms with Crippen molar-refractivity contribution in [3.8, 4) is 0 Å². The van der Waals surface area contributed by atoms with Crippen molar-refractivity contribution in [2.45, 2.75) is 0 Å². The van der Waals surface area contributed by atoms with E-state index in [0.717, 1.165) is 0 Å². The minimum Gasteiger partial charge on any atom is 0 e. The molecule has 0 aromatic carbocycles. The van der Waals surface area contributed by atoms with Crippen molar-refractivity contribution in [1.29, 1.82) is 0 Å². The first-order chi connectivity index (χ1) is 0. The predicted octanol–water partition coefficient (Wildman–Crippen LogP) is -2.11. The molecule has 0 nitrogen and oxygen atoms in total. The molecule has 0 N–H and O–H groups in total. The van der Waals surface area contributed by atoms with E-state index < -0.39 is 0 Å².